The Morgan fingerprint density at radius 1 is 1.28 bits per heavy atom. The molecule has 1 aliphatic carbocycles. The maximum absolute atomic E-state index is 6.12. The molecule has 0 aliphatic heterocycles. The Morgan fingerprint density at radius 2 is 2.06 bits per heavy atom. The summed E-state index contributed by atoms with van der Waals surface area (Å²) in [4.78, 5) is 2.57. The van der Waals surface area contributed by atoms with Crippen LogP contribution in [0.2, 0.25) is 5.02 Å². The lowest BCUT2D eigenvalue weighted by Gasteiger charge is -2.22. The molecule has 0 bridgehead atoms. The lowest BCUT2D eigenvalue weighted by atomic mass is 10.3. The Morgan fingerprint density at radius 3 is 2.72 bits per heavy atom. The van der Waals surface area contributed by atoms with Crippen molar-refractivity contribution < 1.29 is 0 Å². The fourth-order valence-electron chi connectivity index (χ4n) is 2.23. The van der Waals surface area contributed by atoms with Gasteiger partial charge in [-0.3, -0.25) is 0 Å². The molecular weight excluding hydrogens is 244 g/mol. The predicted molar refractivity (Wildman–Crippen MR) is 79.4 cm³/mol. The van der Waals surface area contributed by atoms with E-state index in [-0.39, 0.29) is 0 Å². The third-order valence-electron chi connectivity index (χ3n) is 3.37. The topological polar surface area (TPSA) is 15.3 Å². The molecule has 1 aliphatic rings. The summed E-state index contributed by atoms with van der Waals surface area (Å²) in [5.41, 5.74) is 1.04. The maximum atomic E-state index is 6.12. The van der Waals surface area contributed by atoms with Gasteiger partial charge in [0.05, 0.1) is 10.7 Å². The second kappa shape index (κ2) is 7.01. The van der Waals surface area contributed by atoms with Crippen molar-refractivity contribution >= 4 is 17.3 Å². The van der Waals surface area contributed by atoms with Gasteiger partial charge in [0, 0.05) is 19.6 Å². The molecule has 0 amide bonds. The number of hydrogen-bond acceptors (Lipinski definition) is 2. The van der Waals surface area contributed by atoms with Crippen molar-refractivity contribution in [1.29, 1.82) is 0 Å². The van der Waals surface area contributed by atoms with E-state index in [0.717, 1.165) is 29.7 Å². The number of anilines is 1. The highest BCUT2D eigenvalue weighted by Crippen LogP contribution is 2.29. The summed E-state index contributed by atoms with van der Waals surface area (Å²) >= 11 is 6.12. The lowest BCUT2D eigenvalue weighted by Crippen LogP contribution is -2.31. The fourth-order valence-corrected chi connectivity index (χ4v) is 2.43. The molecule has 0 radical (unpaired) electrons. The normalized spacial score (nSPS) is 15.1. The van der Waals surface area contributed by atoms with E-state index in [2.05, 4.69) is 17.1 Å². The monoisotopic (exact) mass is 266 g/mol. The quantitative estimate of drug-likeness (QED) is 0.768. The van der Waals surface area contributed by atoms with Gasteiger partial charge in [-0.05, 0) is 43.9 Å². The van der Waals surface area contributed by atoms with E-state index in [4.69, 9.17) is 11.6 Å². The van der Waals surface area contributed by atoms with E-state index in [1.165, 1.54) is 32.4 Å². The van der Waals surface area contributed by atoms with Crippen LogP contribution in [-0.2, 0) is 0 Å². The molecule has 18 heavy (non-hydrogen) atoms. The van der Waals surface area contributed by atoms with Gasteiger partial charge in [-0.2, -0.15) is 0 Å². The Bertz CT molecular complexity index is 363. The minimum Gasteiger partial charge on any atom is -0.383 e. The van der Waals surface area contributed by atoms with E-state index in [0.29, 0.717) is 0 Å². The van der Waals surface area contributed by atoms with Crippen molar-refractivity contribution in [3.8, 4) is 0 Å². The van der Waals surface area contributed by atoms with Crippen LogP contribution in [0.15, 0.2) is 24.3 Å². The highest BCUT2D eigenvalue weighted by molar-refractivity contribution is 6.33. The van der Waals surface area contributed by atoms with Crippen molar-refractivity contribution in [3.05, 3.63) is 29.3 Å². The average molecular weight is 267 g/mol. The predicted octanol–water partition coefficient (Wildman–Crippen LogP) is 3.87. The summed E-state index contributed by atoms with van der Waals surface area (Å²) in [6.45, 7) is 6.81. The molecule has 100 valence electrons. The van der Waals surface area contributed by atoms with E-state index < -0.39 is 0 Å². The number of rotatable bonds is 8. The molecule has 0 heterocycles. The van der Waals surface area contributed by atoms with Crippen LogP contribution in [0.3, 0.4) is 0 Å². The first-order chi connectivity index (χ1) is 8.79. The van der Waals surface area contributed by atoms with Gasteiger partial charge in [-0.25, -0.2) is 0 Å². The van der Waals surface area contributed by atoms with Gasteiger partial charge >= 0.3 is 0 Å². The molecule has 2 nitrogen and oxygen atoms in total. The minimum absolute atomic E-state index is 0.807. The van der Waals surface area contributed by atoms with Crippen molar-refractivity contribution in [3.63, 3.8) is 0 Å². The van der Waals surface area contributed by atoms with Crippen molar-refractivity contribution in [2.75, 3.05) is 31.5 Å². The van der Waals surface area contributed by atoms with Gasteiger partial charge in [0.15, 0.2) is 0 Å². The SMILES string of the molecule is CCCN(CCNc1ccccc1Cl)CC1CC1. The van der Waals surface area contributed by atoms with Crippen LogP contribution in [0.5, 0.6) is 0 Å². The summed E-state index contributed by atoms with van der Waals surface area (Å²) in [6, 6.07) is 7.94. The van der Waals surface area contributed by atoms with E-state index in [9.17, 15) is 0 Å². The van der Waals surface area contributed by atoms with Gasteiger partial charge < -0.3 is 10.2 Å². The Hall–Kier alpha value is -0.730. The van der Waals surface area contributed by atoms with E-state index in [1.807, 2.05) is 24.3 Å². The zero-order valence-electron chi connectivity index (χ0n) is 11.2. The molecular formula is C15H23ClN2. The molecule has 1 N–H and O–H groups in total. The number of hydrogen-bond donors (Lipinski definition) is 1. The molecule has 0 atom stereocenters. The van der Waals surface area contributed by atoms with Gasteiger partial charge in [-0.1, -0.05) is 30.7 Å². The van der Waals surface area contributed by atoms with Gasteiger partial charge in [0.1, 0.15) is 0 Å². The Labute approximate surface area is 115 Å². The highest BCUT2D eigenvalue weighted by atomic mass is 35.5. The van der Waals surface area contributed by atoms with Crippen LogP contribution in [0, 0.1) is 5.92 Å². The molecule has 1 saturated carbocycles. The molecule has 0 saturated heterocycles. The number of halogens is 1. The molecule has 1 aromatic carbocycles. The first-order valence-corrected chi connectivity index (χ1v) is 7.38. The number of nitrogens with zero attached hydrogens (tertiary/aromatic N) is 1. The largest absolute Gasteiger partial charge is 0.383 e. The van der Waals surface area contributed by atoms with Gasteiger partial charge in [-0.15, -0.1) is 0 Å². The first-order valence-electron chi connectivity index (χ1n) is 7.00. The molecule has 2 rings (SSSR count). The highest BCUT2D eigenvalue weighted by Gasteiger charge is 2.23. The van der Waals surface area contributed by atoms with Crippen LogP contribution in [0.1, 0.15) is 26.2 Å². The van der Waals surface area contributed by atoms with E-state index >= 15 is 0 Å². The van der Waals surface area contributed by atoms with Crippen LogP contribution in [-0.4, -0.2) is 31.1 Å². The second-order valence-electron chi connectivity index (χ2n) is 5.15. The van der Waals surface area contributed by atoms with Crippen molar-refractivity contribution in [1.82, 2.24) is 4.90 Å². The van der Waals surface area contributed by atoms with Crippen LogP contribution >= 0.6 is 11.6 Å². The van der Waals surface area contributed by atoms with E-state index in [1.54, 1.807) is 0 Å². The average Bonchev–Trinajstić information content (AvgIpc) is 3.16. The van der Waals surface area contributed by atoms with Crippen molar-refractivity contribution in [2.24, 2.45) is 5.92 Å². The number of nitrogens with one attached hydrogen (secondary N) is 1. The lowest BCUT2D eigenvalue weighted by molar-refractivity contribution is 0.273. The zero-order chi connectivity index (χ0) is 12.8. The smallest absolute Gasteiger partial charge is 0.0637 e. The fraction of sp³-hybridized carbons (Fsp3) is 0.600. The second-order valence-corrected chi connectivity index (χ2v) is 5.56. The molecule has 0 spiro atoms. The molecule has 0 aromatic heterocycles. The summed E-state index contributed by atoms with van der Waals surface area (Å²) in [5, 5.41) is 4.23. The molecule has 0 unspecified atom stereocenters. The van der Waals surface area contributed by atoms with Crippen molar-refractivity contribution in [2.45, 2.75) is 26.2 Å². The zero-order valence-corrected chi connectivity index (χ0v) is 11.9. The summed E-state index contributed by atoms with van der Waals surface area (Å²) < 4.78 is 0. The molecule has 1 fully saturated rings. The summed E-state index contributed by atoms with van der Waals surface area (Å²) in [7, 11) is 0. The number of benzene rings is 1. The molecule has 3 heteroatoms. The Kier molecular flexibility index (Phi) is 5.33. The molecule has 1 aromatic rings. The van der Waals surface area contributed by atoms with Crippen LogP contribution in [0.25, 0.3) is 0 Å². The van der Waals surface area contributed by atoms with Crippen LogP contribution < -0.4 is 5.32 Å². The van der Waals surface area contributed by atoms with Crippen LogP contribution in [0.4, 0.5) is 5.69 Å². The first kappa shape index (κ1) is 13.7. The van der Waals surface area contributed by atoms with Gasteiger partial charge in [0.2, 0.25) is 0 Å². The summed E-state index contributed by atoms with van der Waals surface area (Å²) in [6.07, 6.45) is 4.09. The third-order valence-corrected chi connectivity index (χ3v) is 3.70. The number of para-hydroxylation sites is 1. The summed E-state index contributed by atoms with van der Waals surface area (Å²) in [5.74, 6) is 0.969. The maximum Gasteiger partial charge on any atom is 0.0637 e. The standard InChI is InChI=1S/C15H23ClN2/c1-2-10-18(12-13-7-8-13)11-9-17-15-6-4-3-5-14(15)16/h3-6,13,17H,2,7-12H2,1H3. The Balaban J connectivity index is 1.73. The third kappa shape index (κ3) is 4.51. The minimum atomic E-state index is 0.807. The van der Waals surface area contributed by atoms with Gasteiger partial charge in [0.25, 0.3) is 0 Å².